The number of hydrogen-bond acceptors (Lipinski definition) is 0. The van der Waals surface area contributed by atoms with Crippen molar-refractivity contribution in [3.05, 3.63) is 48.5 Å². The molecule has 0 radical (unpaired) electrons. The van der Waals surface area contributed by atoms with Crippen LogP contribution in [0.4, 0.5) is 0 Å². The summed E-state index contributed by atoms with van der Waals surface area (Å²) in [5.41, 5.74) is 6.13. The van der Waals surface area contributed by atoms with E-state index in [1.807, 2.05) is 0 Å². The Morgan fingerprint density at radius 2 is 1.41 bits per heavy atom. The molecular formula is C20H23NSi. The standard InChI is InChI=1S/C20H23NSi/c1-22(2,3)16-10-4-9-15-21-19-13-7-5-11-17(19)18-12-6-8-14-20(18)21/h5-8,11-14H,4,9,15H2,1-3H3. The van der Waals surface area contributed by atoms with Crippen molar-refractivity contribution in [2.24, 2.45) is 0 Å². The van der Waals surface area contributed by atoms with Crippen molar-refractivity contribution in [2.45, 2.75) is 39.0 Å². The second-order valence-corrected chi connectivity index (χ2v) is 11.6. The van der Waals surface area contributed by atoms with Crippen molar-refractivity contribution in [1.82, 2.24) is 4.57 Å². The lowest BCUT2D eigenvalue weighted by Crippen LogP contribution is -2.16. The number of benzene rings is 2. The number of hydrogen-bond donors (Lipinski definition) is 0. The van der Waals surface area contributed by atoms with E-state index < -0.39 is 8.07 Å². The predicted molar refractivity (Wildman–Crippen MR) is 99.8 cm³/mol. The largest absolute Gasteiger partial charge is 0.340 e. The molecule has 3 aromatic rings. The van der Waals surface area contributed by atoms with Gasteiger partial charge < -0.3 is 4.57 Å². The summed E-state index contributed by atoms with van der Waals surface area (Å²) < 4.78 is 2.45. The maximum absolute atomic E-state index is 3.46. The average Bonchev–Trinajstić information content (AvgIpc) is 2.81. The van der Waals surface area contributed by atoms with E-state index in [9.17, 15) is 0 Å². The molecule has 1 nitrogen and oxygen atoms in total. The molecule has 3 rings (SSSR count). The number of rotatable bonds is 3. The van der Waals surface area contributed by atoms with E-state index in [1.165, 1.54) is 21.8 Å². The Balaban J connectivity index is 1.87. The van der Waals surface area contributed by atoms with Crippen LogP contribution in [-0.4, -0.2) is 12.6 Å². The molecule has 0 unspecified atom stereocenters. The summed E-state index contributed by atoms with van der Waals surface area (Å²) in [4.78, 5) is 0. The highest BCUT2D eigenvalue weighted by molar-refractivity contribution is 6.83. The van der Waals surface area contributed by atoms with E-state index in [2.05, 4.69) is 84.2 Å². The molecular weight excluding hydrogens is 282 g/mol. The molecule has 0 aliphatic rings. The summed E-state index contributed by atoms with van der Waals surface area (Å²) in [6, 6.07) is 17.4. The van der Waals surface area contributed by atoms with Gasteiger partial charge in [0.05, 0.1) is 0 Å². The minimum Gasteiger partial charge on any atom is -0.340 e. The van der Waals surface area contributed by atoms with Gasteiger partial charge in [-0.2, -0.15) is 0 Å². The number of unbranched alkanes of at least 4 members (excludes halogenated alkanes) is 1. The topological polar surface area (TPSA) is 4.93 Å². The van der Waals surface area contributed by atoms with Gasteiger partial charge in [0.1, 0.15) is 8.07 Å². The zero-order chi connectivity index (χ0) is 15.6. The molecule has 0 bridgehead atoms. The SMILES string of the molecule is C[Si](C)(C)C#CCCCn1c2ccccc2c2ccccc21. The summed E-state index contributed by atoms with van der Waals surface area (Å²) in [5.74, 6) is 3.38. The van der Waals surface area contributed by atoms with Gasteiger partial charge in [0.25, 0.3) is 0 Å². The molecule has 0 N–H and O–H groups in total. The highest BCUT2D eigenvalue weighted by Crippen LogP contribution is 2.28. The summed E-state index contributed by atoms with van der Waals surface area (Å²) >= 11 is 0. The zero-order valence-corrected chi connectivity index (χ0v) is 14.7. The van der Waals surface area contributed by atoms with Crippen molar-refractivity contribution in [3.63, 3.8) is 0 Å². The smallest absolute Gasteiger partial charge is 0.129 e. The quantitative estimate of drug-likeness (QED) is 0.344. The first kappa shape index (κ1) is 14.9. The zero-order valence-electron chi connectivity index (χ0n) is 13.7. The lowest BCUT2D eigenvalue weighted by atomic mass is 10.2. The third-order valence-corrected chi connectivity index (χ3v) is 4.75. The lowest BCUT2D eigenvalue weighted by molar-refractivity contribution is 0.694. The van der Waals surface area contributed by atoms with Crippen molar-refractivity contribution in [1.29, 1.82) is 0 Å². The summed E-state index contributed by atoms with van der Waals surface area (Å²) in [5, 5.41) is 2.71. The van der Waals surface area contributed by atoms with Crippen LogP contribution in [0.5, 0.6) is 0 Å². The molecule has 0 aliphatic carbocycles. The normalized spacial score (nSPS) is 11.6. The second kappa shape index (κ2) is 6.02. The van der Waals surface area contributed by atoms with Crippen molar-refractivity contribution >= 4 is 29.9 Å². The van der Waals surface area contributed by atoms with E-state index >= 15 is 0 Å². The van der Waals surface area contributed by atoms with Crippen LogP contribution in [-0.2, 0) is 6.54 Å². The second-order valence-electron chi connectivity index (χ2n) is 6.84. The molecule has 0 amide bonds. The maximum atomic E-state index is 3.46. The van der Waals surface area contributed by atoms with Gasteiger partial charge in [-0.15, -0.1) is 11.5 Å². The van der Waals surface area contributed by atoms with E-state index in [-0.39, 0.29) is 0 Å². The molecule has 0 saturated carbocycles. The molecule has 0 fully saturated rings. The Kier molecular flexibility index (Phi) is 4.09. The molecule has 0 spiro atoms. The van der Waals surface area contributed by atoms with E-state index in [0.29, 0.717) is 0 Å². The molecule has 0 saturated heterocycles. The van der Waals surface area contributed by atoms with Crippen molar-refractivity contribution in [2.75, 3.05) is 0 Å². The fraction of sp³-hybridized carbons (Fsp3) is 0.300. The van der Waals surface area contributed by atoms with Gasteiger partial charge in [0, 0.05) is 34.8 Å². The maximum Gasteiger partial charge on any atom is 0.129 e. The molecule has 112 valence electrons. The molecule has 0 aliphatic heterocycles. The minimum absolute atomic E-state index is 0.991. The predicted octanol–water partition coefficient (Wildman–Crippen LogP) is 5.46. The summed E-state index contributed by atoms with van der Waals surface area (Å²) in [6.45, 7) is 7.93. The Bertz CT molecular complexity index is 803. The molecule has 2 heteroatoms. The lowest BCUT2D eigenvalue weighted by Gasteiger charge is -2.06. The van der Waals surface area contributed by atoms with Crippen molar-refractivity contribution in [3.8, 4) is 11.5 Å². The van der Waals surface area contributed by atoms with E-state index in [4.69, 9.17) is 0 Å². The van der Waals surface area contributed by atoms with Gasteiger partial charge in [-0.25, -0.2) is 0 Å². The summed E-state index contributed by atoms with van der Waals surface area (Å²) in [7, 11) is -1.23. The van der Waals surface area contributed by atoms with Gasteiger partial charge in [-0.1, -0.05) is 56.0 Å². The minimum atomic E-state index is -1.23. The average molecular weight is 305 g/mol. The van der Waals surface area contributed by atoms with E-state index in [0.717, 1.165) is 19.4 Å². The Hall–Kier alpha value is -1.98. The first-order chi connectivity index (χ1) is 10.6. The van der Waals surface area contributed by atoms with Crippen LogP contribution in [0.3, 0.4) is 0 Å². The third-order valence-electron chi connectivity index (χ3n) is 3.83. The van der Waals surface area contributed by atoms with Crippen LogP contribution in [0.15, 0.2) is 48.5 Å². The van der Waals surface area contributed by atoms with Crippen LogP contribution in [0, 0.1) is 11.5 Å². The number of para-hydroxylation sites is 2. The van der Waals surface area contributed by atoms with Crippen LogP contribution in [0.2, 0.25) is 19.6 Å². The monoisotopic (exact) mass is 305 g/mol. The first-order valence-corrected chi connectivity index (χ1v) is 11.5. The summed E-state index contributed by atoms with van der Waals surface area (Å²) in [6.07, 6.45) is 2.10. The fourth-order valence-electron chi connectivity index (χ4n) is 2.90. The van der Waals surface area contributed by atoms with Crippen LogP contribution in [0.1, 0.15) is 12.8 Å². The number of fused-ring (bicyclic) bond motifs is 3. The third kappa shape index (κ3) is 3.10. The van der Waals surface area contributed by atoms with Gasteiger partial charge in [0.2, 0.25) is 0 Å². The van der Waals surface area contributed by atoms with Crippen LogP contribution < -0.4 is 0 Å². The van der Waals surface area contributed by atoms with Crippen molar-refractivity contribution < 1.29 is 0 Å². The van der Waals surface area contributed by atoms with E-state index in [1.54, 1.807) is 0 Å². The molecule has 1 aromatic heterocycles. The van der Waals surface area contributed by atoms with Gasteiger partial charge in [-0.05, 0) is 18.6 Å². The number of nitrogens with zero attached hydrogens (tertiary/aromatic N) is 1. The highest BCUT2D eigenvalue weighted by Gasteiger charge is 2.09. The Labute approximate surface area is 134 Å². The molecule has 2 aromatic carbocycles. The molecule has 1 heterocycles. The fourth-order valence-corrected chi connectivity index (χ4v) is 3.55. The van der Waals surface area contributed by atoms with Gasteiger partial charge in [0.15, 0.2) is 0 Å². The van der Waals surface area contributed by atoms with Gasteiger partial charge in [-0.3, -0.25) is 0 Å². The Morgan fingerprint density at radius 1 is 0.864 bits per heavy atom. The Morgan fingerprint density at radius 3 is 1.95 bits per heavy atom. The highest BCUT2D eigenvalue weighted by atomic mass is 28.3. The van der Waals surface area contributed by atoms with Crippen LogP contribution >= 0.6 is 0 Å². The number of aryl methyl sites for hydroxylation is 1. The van der Waals surface area contributed by atoms with Gasteiger partial charge >= 0.3 is 0 Å². The van der Waals surface area contributed by atoms with Crippen LogP contribution in [0.25, 0.3) is 21.8 Å². The first-order valence-electron chi connectivity index (χ1n) is 8.02. The molecule has 0 atom stereocenters. The molecule has 22 heavy (non-hydrogen) atoms. The number of aromatic nitrogens is 1.